The van der Waals surface area contributed by atoms with Crippen molar-refractivity contribution in [2.24, 2.45) is 0 Å². The van der Waals surface area contributed by atoms with Gasteiger partial charge < -0.3 is 10.5 Å². The van der Waals surface area contributed by atoms with Crippen LogP contribution in [0.25, 0.3) is 11.4 Å². The first-order valence-electron chi connectivity index (χ1n) is 6.67. The van der Waals surface area contributed by atoms with E-state index < -0.39 is 0 Å². The molecule has 3 N–H and O–H groups in total. The van der Waals surface area contributed by atoms with Gasteiger partial charge in [-0.1, -0.05) is 35.9 Å². The molecule has 0 spiro atoms. The van der Waals surface area contributed by atoms with E-state index in [1.165, 1.54) is 5.56 Å². The van der Waals surface area contributed by atoms with Gasteiger partial charge in [-0.3, -0.25) is 5.10 Å². The SMILES string of the molecule is Cc1ccc(-c2n[nH]c(COc3cccc(N)c3)n2)cc1. The number of nitrogens with one attached hydrogen (secondary N) is 1. The number of ether oxygens (including phenoxy) is 1. The Morgan fingerprint density at radius 2 is 1.95 bits per heavy atom. The van der Waals surface area contributed by atoms with Gasteiger partial charge in [0.1, 0.15) is 12.4 Å². The summed E-state index contributed by atoms with van der Waals surface area (Å²) < 4.78 is 5.63. The maximum Gasteiger partial charge on any atom is 0.181 e. The maximum absolute atomic E-state index is 5.70. The number of nitrogen functional groups attached to an aromatic ring is 1. The van der Waals surface area contributed by atoms with Crippen molar-refractivity contribution in [2.45, 2.75) is 13.5 Å². The standard InChI is InChI=1S/C16H16N4O/c1-11-5-7-12(8-6-11)16-18-15(19-20-16)10-21-14-4-2-3-13(17)9-14/h2-9H,10,17H2,1H3,(H,18,19,20). The minimum Gasteiger partial charge on any atom is -0.486 e. The number of H-pyrrole nitrogens is 1. The zero-order valence-corrected chi connectivity index (χ0v) is 11.7. The largest absolute Gasteiger partial charge is 0.486 e. The number of anilines is 1. The van der Waals surface area contributed by atoms with E-state index in [0.717, 1.165) is 5.56 Å². The van der Waals surface area contributed by atoms with Crippen LogP contribution in [0.3, 0.4) is 0 Å². The zero-order chi connectivity index (χ0) is 14.7. The molecule has 1 heterocycles. The Morgan fingerprint density at radius 1 is 1.14 bits per heavy atom. The lowest BCUT2D eigenvalue weighted by Crippen LogP contribution is -1.98. The van der Waals surface area contributed by atoms with Gasteiger partial charge in [-0.15, -0.1) is 0 Å². The Balaban J connectivity index is 1.69. The fourth-order valence-corrected chi connectivity index (χ4v) is 1.95. The first kappa shape index (κ1) is 13.2. The minimum atomic E-state index is 0.322. The van der Waals surface area contributed by atoms with Crippen molar-refractivity contribution in [3.63, 3.8) is 0 Å². The zero-order valence-electron chi connectivity index (χ0n) is 11.7. The number of aromatic amines is 1. The number of aromatic nitrogens is 3. The van der Waals surface area contributed by atoms with Crippen molar-refractivity contribution in [3.05, 3.63) is 59.9 Å². The van der Waals surface area contributed by atoms with Crippen LogP contribution in [0.5, 0.6) is 5.75 Å². The minimum absolute atomic E-state index is 0.322. The van der Waals surface area contributed by atoms with Crippen LogP contribution in [-0.4, -0.2) is 15.2 Å². The summed E-state index contributed by atoms with van der Waals surface area (Å²) in [5, 5.41) is 7.09. The van der Waals surface area contributed by atoms with Gasteiger partial charge in [0.2, 0.25) is 0 Å². The van der Waals surface area contributed by atoms with E-state index in [9.17, 15) is 0 Å². The fraction of sp³-hybridized carbons (Fsp3) is 0.125. The lowest BCUT2D eigenvalue weighted by molar-refractivity contribution is 0.296. The topological polar surface area (TPSA) is 76.8 Å². The summed E-state index contributed by atoms with van der Waals surface area (Å²) in [6.07, 6.45) is 0. The quantitative estimate of drug-likeness (QED) is 0.720. The van der Waals surface area contributed by atoms with Crippen LogP contribution in [0, 0.1) is 6.92 Å². The number of benzene rings is 2. The van der Waals surface area contributed by atoms with Crippen LogP contribution >= 0.6 is 0 Å². The van der Waals surface area contributed by atoms with Gasteiger partial charge in [0.25, 0.3) is 0 Å². The molecule has 2 aromatic carbocycles. The molecule has 21 heavy (non-hydrogen) atoms. The van der Waals surface area contributed by atoms with Crippen LogP contribution < -0.4 is 10.5 Å². The van der Waals surface area contributed by atoms with Crippen LogP contribution in [0.15, 0.2) is 48.5 Å². The highest BCUT2D eigenvalue weighted by Gasteiger charge is 2.06. The first-order valence-corrected chi connectivity index (χ1v) is 6.67. The Hall–Kier alpha value is -2.82. The highest BCUT2D eigenvalue weighted by molar-refractivity contribution is 5.54. The molecule has 0 atom stereocenters. The smallest absolute Gasteiger partial charge is 0.181 e. The summed E-state index contributed by atoms with van der Waals surface area (Å²) in [4.78, 5) is 4.42. The van der Waals surface area contributed by atoms with Crippen molar-refractivity contribution < 1.29 is 4.74 Å². The van der Waals surface area contributed by atoms with E-state index in [1.807, 2.05) is 49.4 Å². The molecule has 0 bridgehead atoms. The number of aryl methyl sites for hydroxylation is 1. The molecule has 0 saturated heterocycles. The normalized spacial score (nSPS) is 10.5. The number of rotatable bonds is 4. The molecule has 0 amide bonds. The van der Waals surface area contributed by atoms with Crippen LogP contribution in [0.4, 0.5) is 5.69 Å². The van der Waals surface area contributed by atoms with Crippen LogP contribution in [0.2, 0.25) is 0 Å². The summed E-state index contributed by atoms with van der Waals surface area (Å²) >= 11 is 0. The number of nitrogens with two attached hydrogens (primary N) is 1. The van der Waals surface area contributed by atoms with E-state index in [2.05, 4.69) is 15.2 Å². The molecule has 0 radical (unpaired) electrons. The molecule has 0 saturated carbocycles. The van der Waals surface area contributed by atoms with Gasteiger partial charge in [-0.2, -0.15) is 5.10 Å². The van der Waals surface area contributed by atoms with Crippen LogP contribution in [0.1, 0.15) is 11.4 Å². The lowest BCUT2D eigenvalue weighted by Gasteiger charge is -2.03. The third kappa shape index (κ3) is 3.20. The fourth-order valence-electron chi connectivity index (χ4n) is 1.95. The van der Waals surface area contributed by atoms with E-state index in [-0.39, 0.29) is 0 Å². The Bertz CT molecular complexity index is 734. The molecule has 0 aliphatic heterocycles. The summed E-state index contributed by atoms with van der Waals surface area (Å²) in [5.74, 6) is 2.05. The number of hydrogen-bond donors (Lipinski definition) is 2. The monoisotopic (exact) mass is 280 g/mol. The van der Waals surface area contributed by atoms with Gasteiger partial charge in [0, 0.05) is 17.3 Å². The highest BCUT2D eigenvalue weighted by Crippen LogP contribution is 2.17. The molecule has 3 aromatic rings. The number of hydrogen-bond acceptors (Lipinski definition) is 4. The second-order valence-electron chi connectivity index (χ2n) is 4.83. The third-order valence-electron chi connectivity index (χ3n) is 3.08. The van der Waals surface area contributed by atoms with Gasteiger partial charge >= 0.3 is 0 Å². The molecule has 0 fully saturated rings. The highest BCUT2D eigenvalue weighted by atomic mass is 16.5. The first-order chi connectivity index (χ1) is 10.2. The van der Waals surface area contributed by atoms with Gasteiger partial charge in [0.05, 0.1) is 0 Å². The molecule has 3 rings (SSSR count). The van der Waals surface area contributed by atoms with Crippen molar-refractivity contribution in [3.8, 4) is 17.1 Å². The average molecular weight is 280 g/mol. The van der Waals surface area contributed by atoms with E-state index in [4.69, 9.17) is 10.5 Å². The van der Waals surface area contributed by atoms with Crippen molar-refractivity contribution in [2.75, 3.05) is 5.73 Å². The molecule has 5 nitrogen and oxygen atoms in total. The second kappa shape index (κ2) is 5.66. The second-order valence-corrected chi connectivity index (χ2v) is 4.83. The van der Waals surface area contributed by atoms with E-state index >= 15 is 0 Å². The Labute approximate surface area is 122 Å². The Morgan fingerprint density at radius 3 is 2.71 bits per heavy atom. The molecular weight excluding hydrogens is 264 g/mol. The third-order valence-corrected chi connectivity index (χ3v) is 3.08. The predicted molar refractivity (Wildman–Crippen MR) is 81.7 cm³/mol. The molecule has 0 aliphatic rings. The van der Waals surface area contributed by atoms with Gasteiger partial charge in [-0.25, -0.2) is 4.98 Å². The number of nitrogens with zero attached hydrogens (tertiary/aromatic N) is 2. The average Bonchev–Trinajstić information content (AvgIpc) is 2.95. The van der Waals surface area contributed by atoms with E-state index in [1.54, 1.807) is 6.07 Å². The molecule has 0 aliphatic carbocycles. The molecule has 1 aromatic heterocycles. The summed E-state index contributed by atoms with van der Waals surface area (Å²) in [6, 6.07) is 15.4. The van der Waals surface area contributed by atoms with Crippen molar-refractivity contribution in [1.82, 2.24) is 15.2 Å². The Kier molecular flexibility index (Phi) is 3.55. The van der Waals surface area contributed by atoms with E-state index in [0.29, 0.717) is 29.7 Å². The van der Waals surface area contributed by atoms with Gasteiger partial charge in [0.15, 0.2) is 11.6 Å². The lowest BCUT2D eigenvalue weighted by atomic mass is 10.1. The van der Waals surface area contributed by atoms with Crippen molar-refractivity contribution >= 4 is 5.69 Å². The van der Waals surface area contributed by atoms with Crippen molar-refractivity contribution in [1.29, 1.82) is 0 Å². The summed E-state index contributed by atoms with van der Waals surface area (Å²) in [7, 11) is 0. The summed E-state index contributed by atoms with van der Waals surface area (Å²) in [5.41, 5.74) is 8.56. The molecule has 106 valence electrons. The predicted octanol–water partition coefficient (Wildman–Crippen LogP) is 2.94. The van der Waals surface area contributed by atoms with Gasteiger partial charge in [-0.05, 0) is 19.1 Å². The maximum atomic E-state index is 5.70. The summed E-state index contributed by atoms with van der Waals surface area (Å²) in [6.45, 7) is 2.37. The molecule has 5 heteroatoms. The molecule has 0 unspecified atom stereocenters. The van der Waals surface area contributed by atoms with Crippen LogP contribution in [-0.2, 0) is 6.61 Å². The molecular formula is C16H16N4O.